The van der Waals surface area contributed by atoms with Crippen LogP contribution in [0.1, 0.15) is 23.1 Å². The van der Waals surface area contributed by atoms with Crippen LogP contribution in [0.5, 0.6) is 0 Å². The number of aromatic nitrogens is 1. The van der Waals surface area contributed by atoms with Crippen molar-refractivity contribution in [3.8, 4) is 0 Å². The molecule has 1 aromatic heterocycles. The van der Waals surface area contributed by atoms with Crippen LogP contribution in [0.2, 0.25) is 0 Å². The van der Waals surface area contributed by atoms with Gasteiger partial charge >= 0.3 is 5.97 Å². The molecule has 0 saturated carbocycles. The molecular weight excluding hydrogens is 374 g/mol. The highest BCUT2D eigenvalue weighted by Crippen LogP contribution is 2.42. The minimum atomic E-state index is -0.765. The molecule has 0 aliphatic rings. The average Bonchev–Trinajstić information content (AvgIpc) is 2.81. The van der Waals surface area contributed by atoms with Gasteiger partial charge in [0.1, 0.15) is 0 Å². The van der Waals surface area contributed by atoms with Crippen LogP contribution in [0.3, 0.4) is 0 Å². The molecule has 4 aromatic rings. The third-order valence-corrected chi connectivity index (χ3v) is 5.20. The molecule has 0 unspecified atom stereocenters. The van der Waals surface area contributed by atoms with Crippen LogP contribution < -0.4 is 10.4 Å². The van der Waals surface area contributed by atoms with Crippen molar-refractivity contribution in [1.82, 2.24) is 4.73 Å². The monoisotopic (exact) mass is 395 g/mol. The Balaban J connectivity index is 1.86. The fourth-order valence-electron chi connectivity index (χ4n) is 3.82. The number of pyridine rings is 1. The first-order valence-corrected chi connectivity index (χ1v) is 9.75. The summed E-state index contributed by atoms with van der Waals surface area (Å²) in [6.07, 6.45) is 1.47. The highest BCUT2D eigenvalue weighted by molar-refractivity contribution is 5.75. The highest BCUT2D eigenvalue weighted by atomic mass is 16.7. The van der Waals surface area contributed by atoms with Crippen LogP contribution in [-0.2, 0) is 10.2 Å². The van der Waals surface area contributed by atoms with Crippen molar-refractivity contribution in [3.05, 3.63) is 142 Å². The van der Waals surface area contributed by atoms with Crippen LogP contribution >= 0.6 is 0 Å². The summed E-state index contributed by atoms with van der Waals surface area (Å²) in [6, 6.07) is 34.3. The molecule has 0 aliphatic heterocycles. The summed E-state index contributed by atoms with van der Waals surface area (Å²) >= 11 is 0. The first kappa shape index (κ1) is 19.4. The van der Waals surface area contributed by atoms with Gasteiger partial charge in [-0.1, -0.05) is 97.1 Å². The van der Waals surface area contributed by atoms with Crippen LogP contribution in [0.4, 0.5) is 0 Å². The lowest BCUT2D eigenvalue weighted by Crippen LogP contribution is -2.37. The lowest BCUT2D eigenvalue weighted by atomic mass is 9.67. The van der Waals surface area contributed by atoms with E-state index in [1.807, 2.05) is 91.0 Å². The highest BCUT2D eigenvalue weighted by Gasteiger charge is 2.39. The topological polar surface area (TPSA) is 48.3 Å². The Hall–Kier alpha value is -3.92. The summed E-state index contributed by atoms with van der Waals surface area (Å²) in [5.74, 6) is -0.500. The normalized spacial score (nSPS) is 11.1. The Morgan fingerprint density at radius 2 is 1.10 bits per heavy atom. The Labute approximate surface area is 175 Å². The van der Waals surface area contributed by atoms with Gasteiger partial charge in [-0.15, -0.1) is 4.73 Å². The summed E-state index contributed by atoms with van der Waals surface area (Å²) in [4.78, 5) is 30.6. The van der Waals surface area contributed by atoms with Crippen molar-refractivity contribution in [1.29, 1.82) is 0 Å². The van der Waals surface area contributed by atoms with Crippen LogP contribution in [0.15, 0.2) is 120 Å². The van der Waals surface area contributed by atoms with Crippen LogP contribution in [0.25, 0.3) is 0 Å². The molecule has 0 atom stereocenters. The first-order chi connectivity index (χ1) is 14.7. The molecule has 4 rings (SSSR count). The number of carbonyl (C=O) groups excluding carboxylic acids is 1. The third kappa shape index (κ3) is 3.80. The fourth-order valence-corrected chi connectivity index (χ4v) is 3.82. The molecule has 4 heteroatoms. The molecule has 0 spiro atoms. The number of hydrogen-bond donors (Lipinski definition) is 0. The Morgan fingerprint density at radius 1 is 0.667 bits per heavy atom. The minimum Gasteiger partial charge on any atom is -0.333 e. The van der Waals surface area contributed by atoms with Gasteiger partial charge in [0.25, 0.3) is 5.56 Å². The lowest BCUT2D eigenvalue weighted by molar-refractivity contribution is -0.145. The summed E-state index contributed by atoms with van der Waals surface area (Å²) in [5.41, 5.74) is 1.76. The van der Waals surface area contributed by atoms with Gasteiger partial charge in [-0.05, 0) is 22.8 Å². The van der Waals surface area contributed by atoms with Crippen molar-refractivity contribution >= 4 is 5.97 Å². The second-order valence-corrected chi connectivity index (χ2v) is 7.01. The molecule has 30 heavy (non-hydrogen) atoms. The van der Waals surface area contributed by atoms with Crippen molar-refractivity contribution in [2.24, 2.45) is 0 Å². The summed E-state index contributed by atoms with van der Waals surface area (Å²) in [7, 11) is 0. The van der Waals surface area contributed by atoms with Crippen molar-refractivity contribution < 1.29 is 9.63 Å². The molecule has 0 radical (unpaired) electrons. The molecule has 0 fully saturated rings. The van der Waals surface area contributed by atoms with E-state index in [0.717, 1.165) is 21.4 Å². The van der Waals surface area contributed by atoms with Crippen LogP contribution in [-0.4, -0.2) is 10.7 Å². The van der Waals surface area contributed by atoms with Gasteiger partial charge in [0.05, 0.1) is 11.8 Å². The number of benzene rings is 3. The molecule has 0 saturated heterocycles. The van der Waals surface area contributed by atoms with Gasteiger partial charge in [-0.2, -0.15) is 0 Å². The molecule has 0 bridgehead atoms. The van der Waals surface area contributed by atoms with Crippen molar-refractivity contribution in [2.45, 2.75) is 11.8 Å². The predicted octanol–water partition coefficient (Wildman–Crippen LogP) is 4.23. The predicted molar refractivity (Wildman–Crippen MR) is 116 cm³/mol. The maximum absolute atomic E-state index is 13.1. The van der Waals surface area contributed by atoms with Gasteiger partial charge in [0.15, 0.2) is 0 Å². The SMILES string of the molecule is O=C(CC(c1ccccc1)(c1ccccc1)c1ccccc1)On1ccccc1=O. The van der Waals surface area contributed by atoms with Gasteiger partial charge < -0.3 is 4.84 Å². The Bertz CT molecular complexity index is 1070. The van der Waals surface area contributed by atoms with E-state index < -0.39 is 16.9 Å². The van der Waals surface area contributed by atoms with Gasteiger partial charge in [-0.25, -0.2) is 4.79 Å². The molecule has 0 aliphatic carbocycles. The zero-order chi connectivity index (χ0) is 20.8. The van der Waals surface area contributed by atoms with E-state index in [2.05, 4.69) is 0 Å². The minimum absolute atomic E-state index is 0.0341. The quantitative estimate of drug-likeness (QED) is 0.459. The second kappa shape index (κ2) is 8.62. The largest absolute Gasteiger partial charge is 0.334 e. The maximum atomic E-state index is 13.1. The van der Waals surface area contributed by atoms with E-state index in [-0.39, 0.29) is 6.42 Å². The number of rotatable bonds is 6. The Morgan fingerprint density at radius 3 is 1.53 bits per heavy atom. The zero-order valence-corrected chi connectivity index (χ0v) is 16.3. The molecule has 0 N–H and O–H groups in total. The summed E-state index contributed by atoms with van der Waals surface area (Å²) in [6.45, 7) is 0. The van der Waals surface area contributed by atoms with Gasteiger partial charge in [0, 0.05) is 12.3 Å². The second-order valence-electron chi connectivity index (χ2n) is 7.01. The Kier molecular flexibility index (Phi) is 5.57. The zero-order valence-electron chi connectivity index (χ0n) is 16.3. The fraction of sp³-hybridized carbons (Fsp3) is 0.0769. The van der Waals surface area contributed by atoms with E-state index in [1.54, 1.807) is 12.1 Å². The number of nitrogens with zero attached hydrogens (tertiary/aromatic N) is 1. The van der Waals surface area contributed by atoms with Gasteiger partial charge in [0.2, 0.25) is 0 Å². The third-order valence-electron chi connectivity index (χ3n) is 5.20. The number of hydrogen-bond acceptors (Lipinski definition) is 3. The standard InChI is InChI=1S/C26H21NO3/c28-24-18-10-11-19-27(24)30-25(29)20-26(21-12-4-1-5-13-21,22-14-6-2-7-15-22)23-16-8-3-9-17-23/h1-19H,20H2. The van der Waals surface area contributed by atoms with E-state index >= 15 is 0 Å². The van der Waals surface area contributed by atoms with Crippen molar-refractivity contribution in [3.63, 3.8) is 0 Å². The molecule has 4 nitrogen and oxygen atoms in total. The lowest BCUT2D eigenvalue weighted by Gasteiger charge is -2.35. The van der Waals surface area contributed by atoms with E-state index in [9.17, 15) is 9.59 Å². The van der Waals surface area contributed by atoms with Gasteiger partial charge in [-0.3, -0.25) is 4.79 Å². The molecule has 148 valence electrons. The summed E-state index contributed by atoms with van der Waals surface area (Å²) in [5, 5.41) is 0. The van der Waals surface area contributed by atoms with E-state index in [4.69, 9.17) is 4.84 Å². The molecule has 0 amide bonds. The summed E-state index contributed by atoms with van der Waals surface area (Å²) < 4.78 is 0.966. The smallest absolute Gasteiger partial charge is 0.333 e. The molecule has 1 heterocycles. The first-order valence-electron chi connectivity index (χ1n) is 9.75. The molecular formula is C26H21NO3. The molecule has 3 aromatic carbocycles. The van der Waals surface area contributed by atoms with Crippen LogP contribution in [0, 0.1) is 0 Å². The van der Waals surface area contributed by atoms with Crippen molar-refractivity contribution in [2.75, 3.05) is 0 Å². The van der Waals surface area contributed by atoms with E-state index in [0.29, 0.717) is 0 Å². The van der Waals surface area contributed by atoms with E-state index in [1.165, 1.54) is 12.3 Å². The number of carbonyl (C=O) groups is 1. The maximum Gasteiger partial charge on any atom is 0.334 e. The average molecular weight is 395 g/mol.